The summed E-state index contributed by atoms with van der Waals surface area (Å²) < 4.78 is 50.6. The van der Waals surface area contributed by atoms with Gasteiger partial charge < -0.3 is 5.73 Å². The highest BCUT2D eigenvalue weighted by molar-refractivity contribution is 7.91. The van der Waals surface area contributed by atoms with Gasteiger partial charge in [-0.05, 0) is 36.6 Å². The number of benzene rings is 1. The van der Waals surface area contributed by atoms with E-state index in [9.17, 15) is 16.8 Å². The molecule has 1 unspecified atom stereocenters. The minimum Gasteiger partial charge on any atom is -0.330 e. The fourth-order valence-electron chi connectivity index (χ4n) is 2.49. The predicted molar refractivity (Wildman–Crippen MR) is 92.0 cm³/mol. The van der Waals surface area contributed by atoms with E-state index in [-0.39, 0.29) is 33.4 Å². The van der Waals surface area contributed by atoms with Gasteiger partial charge in [0.15, 0.2) is 9.84 Å². The average Bonchev–Trinajstić information content (AvgIpc) is 2.91. The number of sulfone groups is 1. The Bertz CT molecular complexity index is 765. The minimum absolute atomic E-state index is 0. The number of nitrogens with zero attached hydrogens (tertiary/aromatic N) is 1. The smallest absolute Gasteiger partial charge is 0.243 e. The maximum atomic E-state index is 12.7. The molecule has 0 aromatic heterocycles. The highest BCUT2D eigenvalue weighted by atomic mass is 35.5. The van der Waals surface area contributed by atoms with Gasteiger partial charge in [-0.15, -0.1) is 12.4 Å². The van der Waals surface area contributed by atoms with Crippen molar-refractivity contribution in [3.63, 3.8) is 0 Å². The second-order valence-corrected chi connectivity index (χ2v) is 10.2. The molecule has 1 fully saturated rings. The number of hydrogen-bond donors (Lipinski definition) is 1. The molecule has 0 spiro atoms. The average molecular weight is 383 g/mol. The van der Waals surface area contributed by atoms with Crippen LogP contribution in [0.4, 0.5) is 0 Å². The molecule has 0 saturated carbocycles. The number of rotatable bonds is 5. The lowest BCUT2D eigenvalue weighted by Crippen LogP contribution is -2.34. The zero-order valence-electron chi connectivity index (χ0n) is 13.2. The highest BCUT2D eigenvalue weighted by Gasteiger charge is 2.39. The third-order valence-electron chi connectivity index (χ3n) is 4.20. The fraction of sp³-hybridized carbons (Fsp3) is 0.571. The molecule has 2 rings (SSSR count). The van der Waals surface area contributed by atoms with Crippen LogP contribution in [0.15, 0.2) is 34.1 Å². The molecule has 2 N–H and O–H groups in total. The van der Waals surface area contributed by atoms with Crippen LogP contribution in [0.3, 0.4) is 0 Å². The number of sulfonamides is 1. The molecule has 1 atom stereocenters. The molecule has 23 heavy (non-hydrogen) atoms. The van der Waals surface area contributed by atoms with Crippen LogP contribution in [0.1, 0.15) is 20.3 Å². The summed E-state index contributed by atoms with van der Waals surface area (Å²) in [4.78, 5) is 0.0557. The number of halogens is 1. The third-order valence-corrected chi connectivity index (χ3v) is 7.77. The van der Waals surface area contributed by atoms with Gasteiger partial charge in [0.25, 0.3) is 0 Å². The van der Waals surface area contributed by atoms with E-state index in [0.717, 1.165) is 0 Å². The Kier molecular flexibility index (Phi) is 6.26. The molecular weight excluding hydrogens is 360 g/mol. The summed E-state index contributed by atoms with van der Waals surface area (Å²) in [5.41, 5.74) is 5.49. The SMILES string of the molecule is CCS(=O)(=O)c1cccc(S(=O)(=O)N2CCC(C)(CN)C2)c1.Cl. The molecule has 1 aliphatic rings. The van der Waals surface area contributed by atoms with E-state index < -0.39 is 19.9 Å². The van der Waals surface area contributed by atoms with Crippen molar-refractivity contribution in [3.8, 4) is 0 Å². The van der Waals surface area contributed by atoms with Gasteiger partial charge >= 0.3 is 0 Å². The highest BCUT2D eigenvalue weighted by Crippen LogP contribution is 2.32. The molecule has 0 radical (unpaired) electrons. The molecule has 0 amide bonds. The van der Waals surface area contributed by atoms with Gasteiger partial charge in [-0.2, -0.15) is 4.31 Å². The first-order valence-corrected chi connectivity index (χ1v) is 10.3. The van der Waals surface area contributed by atoms with Crippen LogP contribution in [-0.4, -0.2) is 46.5 Å². The van der Waals surface area contributed by atoms with E-state index in [1.54, 1.807) is 0 Å². The largest absolute Gasteiger partial charge is 0.330 e. The second-order valence-electron chi connectivity index (χ2n) is 5.98. The Labute approximate surface area is 144 Å². The van der Waals surface area contributed by atoms with Crippen LogP contribution in [0, 0.1) is 5.41 Å². The molecule has 1 aromatic carbocycles. The Morgan fingerprint density at radius 1 is 1.22 bits per heavy atom. The first-order valence-electron chi connectivity index (χ1n) is 7.18. The van der Waals surface area contributed by atoms with Crippen LogP contribution in [0.5, 0.6) is 0 Å². The molecule has 1 aromatic rings. The molecule has 1 heterocycles. The molecule has 0 bridgehead atoms. The van der Waals surface area contributed by atoms with Crippen LogP contribution in [0.25, 0.3) is 0 Å². The van der Waals surface area contributed by atoms with Gasteiger partial charge in [-0.3, -0.25) is 0 Å². The minimum atomic E-state index is -3.70. The van der Waals surface area contributed by atoms with Gasteiger partial charge in [-0.1, -0.05) is 19.9 Å². The van der Waals surface area contributed by atoms with Gasteiger partial charge in [-0.25, -0.2) is 16.8 Å². The van der Waals surface area contributed by atoms with Crippen molar-refractivity contribution in [2.45, 2.75) is 30.1 Å². The van der Waals surface area contributed by atoms with Crippen molar-refractivity contribution < 1.29 is 16.8 Å². The molecule has 9 heteroatoms. The summed E-state index contributed by atoms with van der Waals surface area (Å²) in [5, 5.41) is 0. The zero-order valence-corrected chi connectivity index (χ0v) is 15.7. The van der Waals surface area contributed by atoms with Crippen LogP contribution in [0.2, 0.25) is 0 Å². The van der Waals surface area contributed by atoms with Crippen LogP contribution < -0.4 is 5.73 Å². The van der Waals surface area contributed by atoms with Gasteiger partial charge in [0.05, 0.1) is 15.5 Å². The number of hydrogen-bond acceptors (Lipinski definition) is 5. The lowest BCUT2D eigenvalue weighted by Gasteiger charge is -2.22. The molecular formula is C14H23ClN2O4S2. The first kappa shape index (κ1) is 20.4. The summed E-state index contributed by atoms with van der Waals surface area (Å²) in [6.45, 7) is 4.67. The lowest BCUT2D eigenvalue weighted by molar-refractivity contribution is 0.349. The summed E-state index contributed by atoms with van der Waals surface area (Å²) in [5.74, 6) is -0.0640. The Morgan fingerprint density at radius 3 is 2.35 bits per heavy atom. The summed E-state index contributed by atoms with van der Waals surface area (Å²) in [6.07, 6.45) is 0.704. The fourth-order valence-corrected chi connectivity index (χ4v) is 5.13. The standard InChI is InChI=1S/C14H22N2O4S2.ClH/c1-3-21(17,18)12-5-4-6-13(9-12)22(19,20)16-8-7-14(2,10-15)11-16;/h4-6,9H,3,7-8,10-11,15H2,1-2H3;1H. The van der Waals surface area contributed by atoms with E-state index >= 15 is 0 Å². The second kappa shape index (κ2) is 7.06. The van der Waals surface area contributed by atoms with Gasteiger partial charge in [0.1, 0.15) is 0 Å². The van der Waals surface area contributed by atoms with Crippen LogP contribution >= 0.6 is 12.4 Å². The number of nitrogens with two attached hydrogens (primary N) is 1. The van der Waals surface area contributed by atoms with E-state index in [1.165, 1.54) is 35.5 Å². The maximum absolute atomic E-state index is 12.7. The predicted octanol–water partition coefficient (Wildman–Crippen LogP) is 1.26. The Balaban J connectivity index is 0.00000264. The molecule has 1 aliphatic heterocycles. The van der Waals surface area contributed by atoms with Crippen molar-refractivity contribution in [2.24, 2.45) is 11.1 Å². The van der Waals surface area contributed by atoms with Crippen molar-refractivity contribution in [3.05, 3.63) is 24.3 Å². The topological polar surface area (TPSA) is 97.5 Å². The molecule has 6 nitrogen and oxygen atoms in total. The first-order chi connectivity index (χ1) is 10.1. The van der Waals surface area contributed by atoms with E-state index in [2.05, 4.69) is 0 Å². The normalized spacial score (nSPS) is 22.7. The zero-order chi connectivity index (χ0) is 16.6. The molecule has 132 valence electrons. The third kappa shape index (κ3) is 4.06. The van der Waals surface area contributed by atoms with Crippen molar-refractivity contribution >= 4 is 32.3 Å². The maximum Gasteiger partial charge on any atom is 0.243 e. The lowest BCUT2D eigenvalue weighted by atomic mass is 9.90. The monoisotopic (exact) mass is 382 g/mol. The Morgan fingerprint density at radius 2 is 1.83 bits per heavy atom. The Hall–Kier alpha value is -0.670. The van der Waals surface area contributed by atoms with Crippen molar-refractivity contribution in [1.82, 2.24) is 4.31 Å². The van der Waals surface area contributed by atoms with E-state index in [4.69, 9.17) is 5.73 Å². The van der Waals surface area contributed by atoms with Crippen molar-refractivity contribution in [1.29, 1.82) is 0 Å². The van der Waals surface area contributed by atoms with E-state index in [1.807, 2.05) is 6.92 Å². The summed E-state index contributed by atoms with van der Waals surface area (Å²) in [7, 11) is -7.13. The van der Waals surface area contributed by atoms with E-state index in [0.29, 0.717) is 26.1 Å². The molecule has 0 aliphatic carbocycles. The quantitative estimate of drug-likeness (QED) is 0.826. The molecule has 1 saturated heterocycles. The summed E-state index contributed by atoms with van der Waals surface area (Å²) >= 11 is 0. The van der Waals surface area contributed by atoms with Gasteiger partial charge in [0, 0.05) is 13.1 Å². The summed E-state index contributed by atoms with van der Waals surface area (Å²) in [6, 6.07) is 5.56. The van der Waals surface area contributed by atoms with Crippen LogP contribution in [-0.2, 0) is 19.9 Å². The van der Waals surface area contributed by atoms with Gasteiger partial charge in [0.2, 0.25) is 10.0 Å². The van der Waals surface area contributed by atoms with Crippen molar-refractivity contribution in [2.75, 3.05) is 25.4 Å².